The standard InChI is InChI=1S/C17H23Cl2N3/c1-14(16-8-7-15(18)13-17(16)19)21(2)10-4-3-5-11-22-12-6-9-20-22/h6-9,12-14H,3-5,10-11H2,1-2H3. The van der Waals surface area contributed by atoms with E-state index in [4.69, 9.17) is 23.2 Å². The highest BCUT2D eigenvalue weighted by Gasteiger charge is 2.14. The number of halogens is 2. The molecule has 120 valence electrons. The minimum Gasteiger partial charge on any atom is -0.300 e. The van der Waals surface area contributed by atoms with Crippen LogP contribution >= 0.6 is 23.2 Å². The fraction of sp³-hybridized carbons (Fsp3) is 0.471. The molecule has 0 radical (unpaired) electrons. The number of hydrogen-bond donors (Lipinski definition) is 0. The molecule has 0 saturated carbocycles. The van der Waals surface area contributed by atoms with Gasteiger partial charge in [0.25, 0.3) is 0 Å². The van der Waals surface area contributed by atoms with Crippen molar-refractivity contribution >= 4 is 23.2 Å². The van der Waals surface area contributed by atoms with Crippen LogP contribution in [0.25, 0.3) is 0 Å². The zero-order valence-corrected chi connectivity index (χ0v) is 14.7. The lowest BCUT2D eigenvalue weighted by atomic mass is 10.1. The monoisotopic (exact) mass is 339 g/mol. The molecule has 1 aromatic heterocycles. The summed E-state index contributed by atoms with van der Waals surface area (Å²) in [7, 11) is 2.14. The van der Waals surface area contributed by atoms with Crippen molar-refractivity contribution in [1.82, 2.24) is 14.7 Å². The van der Waals surface area contributed by atoms with Gasteiger partial charge in [-0.2, -0.15) is 5.10 Å². The Bertz CT molecular complexity index is 569. The Morgan fingerprint density at radius 1 is 1.23 bits per heavy atom. The first-order chi connectivity index (χ1) is 10.6. The molecule has 22 heavy (non-hydrogen) atoms. The Labute approximate surface area is 142 Å². The lowest BCUT2D eigenvalue weighted by Gasteiger charge is -2.26. The lowest BCUT2D eigenvalue weighted by molar-refractivity contribution is 0.254. The van der Waals surface area contributed by atoms with Crippen LogP contribution in [0.2, 0.25) is 10.0 Å². The van der Waals surface area contributed by atoms with E-state index in [1.807, 2.05) is 41.3 Å². The first kappa shape index (κ1) is 17.3. The van der Waals surface area contributed by atoms with E-state index < -0.39 is 0 Å². The summed E-state index contributed by atoms with van der Waals surface area (Å²) in [5.41, 5.74) is 1.13. The first-order valence-corrected chi connectivity index (χ1v) is 8.46. The van der Waals surface area contributed by atoms with E-state index in [-0.39, 0.29) is 6.04 Å². The van der Waals surface area contributed by atoms with Crippen LogP contribution in [0, 0.1) is 0 Å². The zero-order valence-electron chi connectivity index (χ0n) is 13.2. The molecule has 0 aliphatic carbocycles. The summed E-state index contributed by atoms with van der Waals surface area (Å²) >= 11 is 12.2. The fourth-order valence-corrected chi connectivity index (χ4v) is 3.08. The molecule has 0 saturated heterocycles. The average Bonchev–Trinajstić information content (AvgIpc) is 2.99. The van der Waals surface area contributed by atoms with Crippen molar-refractivity contribution in [2.24, 2.45) is 0 Å². The fourth-order valence-electron chi connectivity index (χ4n) is 2.52. The van der Waals surface area contributed by atoms with Crippen molar-refractivity contribution in [3.63, 3.8) is 0 Å². The van der Waals surface area contributed by atoms with Gasteiger partial charge in [0.2, 0.25) is 0 Å². The average molecular weight is 340 g/mol. The van der Waals surface area contributed by atoms with Crippen molar-refractivity contribution < 1.29 is 0 Å². The quantitative estimate of drug-likeness (QED) is 0.627. The number of hydrogen-bond acceptors (Lipinski definition) is 2. The van der Waals surface area contributed by atoms with E-state index in [2.05, 4.69) is 24.0 Å². The molecule has 0 spiro atoms. The summed E-state index contributed by atoms with van der Waals surface area (Å²) in [4.78, 5) is 2.34. The van der Waals surface area contributed by atoms with Crippen LogP contribution in [0.3, 0.4) is 0 Å². The van der Waals surface area contributed by atoms with E-state index in [1.165, 1.54) is 12.8 Å². The summed E-state index contributed by atoms with van der Waals surface area (Å²) in [5, 5.41) is 5.64. The normalized spacial score (nSPS) is 12.8. The van der Waals surface area contributed by atoms with Crippen LogP contribution in [0.15, 0.2) is 36.7 Å². The van der Waals surface area contributed by atoms with Gasteiger partial charge in [-0.05, 0) is 57.1 Å². The Balaban J connectivity index is 1.73. The maximum absolute atomic E-state index is 6.29. The van der Waals surface area contributed by atoms with Crippen molar-refractivity contribution in [1.29, 1.82) is 0 Å². The minimum atomic E-state index is 0.288. The van der Waals surface area contributed by atoms with Gasteiger partial charge in [-0.3, -0.25) is 9.58 Å². The highest BCUT2D eigenvalue weighted by atomic mass is 35.5. The van der Waals surface area contributed by atoms with Gasteiger partial charge in [0, 0.05) is 35.0 Å². The van der Waals surface area contributed by atoms with E-state index >= 15 is 0 Å². The van der Waals surface area contributed by atoms with Gasteiger partial charge >= 0.3 is 0 Å². The number of benzene rings is 1. The van der Waals surface area contributed by atoms with Crippen molar-refractivity contribution in [2.75, 3.05) is 13.6 Å². The van der Waals surface area contributed by atoms with Gasteiger partial charge in [-0.1, -0.05) is 35.7 Å². The molecule has 0 aliphatic heterocycles. The van der Waals surface area contributed by atoms with Crippen molar-refractivity contribution in [3.05, 3.63) is 52.3 Å². The second kappa shape index (κ2) is 8.56. The SMILES string of the molecule is CC(c1ccc(Cl)cc1Cl)N(C)CCCCCn1cccn1. The van der Waals surface area contributed by atoms with E-state index in [0.29, 0.717) is 5.02 Å². The largest absolute Gasteiger partial charge is 0.300 e. The Kier molecular flexibility index (Phi) is 6.74. The summed E-state index contributed by atoms with van der Waals surface area (Å²) in [6.07, 6.45) is 7.37. The van der Waals surface area contributed by atoms with Crippen LogP contribution in [0.1, 0.15) is 37.8 Å². The first-order valence-electron chi connectivity index (χ1n) is 7.70. The van der Waals surface area contributed by atoms with Gasteiger partial charge in [0.05, 0.1) is 0 Å². The summed E-state index contributed by atoms with van der Waals surface area (Å²) < 4.78 is 1.99. The smallest absolute Gasteiger partial charge is 0.0489 e. The maximum Gasteiger partial charge on any atom is 0.0489 e. The van der Waals surface area contributed by atoms with Gasteiger partial charge in [-0.15, -0.1) is 0 Å². The predicted octanol–water partition coefficient (Wildman–Crippen LogP) is 5.05. The molecule has 3 nitrogen and oxygen atoms in total. The topological polar surface area (TPSA) is 21.1 Å². The van der Waals surface area contributed by atoms with Crippen LogP contribution in [0.5, 0.6) is 0 Å². The third-order valence-electron chi connectivity index (χ3n) is 4.03. The molecule has 1 atom stereocenters. The second-order valence-corrected chi connectivity index (χ2v) is 6.50. The number of nitrogens with zero attached hydrogens (tertiary/aromatic N) is 3. The van der Waals surface area contributed by atoms with Gasteiger partial charge in [0.15, 0.2) is 0 Å². The highest BCUT2D eigenvalue weighted by Crippen LogP contribution is 2.29. The van der Waals surface area contributed by atoms with Crippen LogP contribution < -0.4 is 0 Å². The molecule has 1 aromatic carbocycles. The van der Waals surface area contributed by atoms with Crippen molar-refractivity contribution in [2.45, 2.75) is 38.8 Å². The summed E-state index contributed by atoms with van der Waals surface area (Å²) in [5.74, 6) is 0. The molecule has 0 N–H and O–H groups in total. The second-order valence-electron chi connectivity index (χ2n) is 5.65. The number of aromatic nitrogens is 2. The van der Waals surface area contributed by atoms with Gasteiger partial charge in [0.1, 0.15) is 0 Å². The Hall–Kier alpha value is -1.03. The molecule has 2 rings (SSSR count). The molecular weight excluding hydrogens is 317 g/mol. The van der Waals surface area contributed by atoms with Gasteiger partial charge < -0.3 is 0 Å². The lowest BCUT2D eigenvalue weighted by Crippen LogP contribution is -2.23. The molecular formula is C17H23Cl2N3. The van der Waals surface area contributed by atoms with Crippen LogP contribution in [-0.4, -0.2) is 28.3 Å². The zero-order chi connectivity index (χ0) is 15.9. The third-order valence-corrected chi connectivity index (χ3v) is 4.59. The molecule has 0 bridgehead atoms. The molecule has 0 fully saturated rings. The number of unbranched alkanes of at least 4 members (excludes halogenated alkanes) is 2. The minimum absolute atomic E-state index is 0.288. The Morgan fingerprint density at radius 2 is 2.05 bits per heavy atom. The third kappa shape index (κ3) is 5.01. The highest BCUT2D eigenvalue weighted by molar-refractivity contribution is 6.35. The summed E-state index contributed by atoms with van der Waals surface area (Å²) in [6.45, 7) is 4.23. The molecule has 5 heteroatoms. The van der Waals surface area contributed by atoms with E-state index in [0.717, 1.165) is 30.1 Å². The Morgan fingerprint density at radius 3 is 2.73 bits per heavy atom. The number of rotatable bonds is 8. The van der Waals surface area contributed by atoms with Crippen molar-refractivity contribution in [3.8, 4) is 0 Å². The maximum atomic E-state index is 6.29. The molecule has 0 aliphatic rings. The summed E-state index contributed by atoms with van der Waals surface area (Å²) in [6, 6.07) is 7.98. The van der Waals surface area contributed by atoms with Crippen LogP contribution in [-0.2, 0) is 6.54 Å². The number of aryl methyl sites for hydroxylation is 1. The predicted molar refractivity (Wildman–Crippen MR) is 93.6 cm³/mol. The molecule has 1 unspecified atom stereocenters. The van der Waals surface area contributed by atoms with Crippen LogP contribution in [0.4, 0.5) is 0 Å². The molecule has 0 amide bonds. The van der Waals surface area contributed by atoms with E-state index in [1.54, 1.807) is 0 Å². The van der Waals surface area contributed by atoms with E-state index in [9.17, 15) is 0 Å². The molecule has 2 aromatic rings. The van der Waals surface area contributed by atoms with Gasteiger partial charge in [-0.25, -0.2) is 0 Å². The molecule has 1 heterocycles.